The van der Waals surface area contributed by atoms with Gasteiger partial charge in [0.25, 0.3) is 5.91 Å². The summed E-state index contributed by atoms with van der Waals surface area (Å²) in [5, 5.41) is 3.32. The van der Waals surface area contributed by atoms with E-state index in [-0.39, 0.29) is 17.9 Å². The Morgan fingerprint density at radius 3 is 2.29 bits per heavy atom. The predicted octanol–water partition coefficient (Wildman–Crippen LogP) is 5.45. The molecule has 182 valence electrons. The third-order valence-electron chi connectivity index (χ3n) is 7.70. The monoisotopic (exact) mass is 469 g/mol. The number of aryl methyl sites for hydroxylation is 1. The second-order valence-corrected chi connectivity index (χ2v) is 10.2. The molecule has 35 heavy (non-hydrogen) atoms. The summed E-state index contributed by atoms with van der Waals surface area (Å²) in [5.74, 6) is -0.0939. The van der Waals surface area contributed by atoms with Crippen molar-refractivity contribution >= 4 is 11.8 Å². The van der Waals surface area contributed by atoms with Gasteiger partial charge in [-0.2, -0.15) is 0 Å². The number of carbonyl (C=O) groups is 2. The fourth-order valence-electron chi connectivity index (χ4n) is 5.66. The average Bonchev–Trinajstić information content (AvgIpc) is 3.31. The van der Waals surface area contributed by atoms with E-state index in [1.807, 2.05) is 64.9 Å². The minimum absolute atomic E-state index is 0.0316. The van der Waals surface area contributed by atoms with E-state index in [1.165, 1.54) is 12.0 Å². The van der Waals surface area contributed by atoms with Crippen molar-refractivity contribution in [3.63, 3.8) is 0 Å². The first-order valence-corrected chi connectivity index (χ1v) is 13.0. The van der Waals surface area contributed by atoms with Crippen LogP contribution < -0.4 is 5.32 Å². The van der Waals surface area contributed by atoms with Crippen LogP contribution in [0.5, 0.6) is 0 Å². The van der Waals surface area contributed by atoms with Crippen LogP contribution in [0.2, 0.25) is 0 Å². The van der Waals surface area contributed by atoms with Crippen LogP contribution in [-0.4, -0.2) is 39.4 Å². The molecule has 0 spiro atoms. The molecule has 2 aromatic carbocycles. The molecule has 1 unspecified atom stereocenters. The first-order valence-electron chi connectivity index (χ1n) is 13.0. The number of nitrogens with one attached hydrogen (secondary N) is 1. The topological polar surface area (TPSA) is 54.3 Å². The maximum absolute atomic E-state index is 13.8. The van der Waals surface area contributed by atoms with Gasteiger partial charge in [-0.3, -0.25) is 9.59 Å². The molecule has 0 radical (unpaired) electrons. The summed E-state index contributed by atoms with van der Waals surface area (Å²) in [6.45, 7) is 2.95. The van der Waals surface area contributed by atoms with Crippen LogP contribution in [0, 0.1) is 0 Å². The molecule has 2 heterocycles. The Morgan fingerprint density at radius 2 is 1.57 bits per heavy atom. The molecule has 0 bridgehead atoms. The predicted molar refractivity (Wildman–Crippen MR) is 139 cm³/mol. The molecule has 1 aromatic heterocycles. The van der Waals surface area contributed by atoms with Crippen LogP contribution in [0.4, 0.5) is 0 Å². The molecule has 2 amide bonds. The molecule has 1 aliphatic heterocycles. The lowest BCUT2D eigenvalue weighted by Gasteiger charge is -2.45. The summed E-state index contributed by atoms with van der Waals surface area (Å²) in [6, 6.07) is 24.6. The number of rotatable bonds is 7. The number of hydrogen-bond acceptors (Lipinski definition) is 2. The van der Waals surface area contributed by atoms with E-state index >= 15 is 0 Å². The van der Waals surface area contributed by atoms with Gasteiger partial charge in [-0.25, -0.2) is 0 Å². The summed E-state index contributed by atoms with van der Waals surface area (Å²) in [7, 11) is 0. The molecule has 1 saturated carbocycles. The highest BCUT2D eigenvalue weighted by atomic mass is 16.2. The van der Waals surface area contributed by atoms with Gasteiger partial charge in [0.05, 0.1) is 6.54 Å². The van der Waals surface area contributed by atoms with Crippen molar-refractivity contribution in [2.75, 3.05) is 6.54 Å². The summed E-state index contributed by atoms with van der Waals surface area (Å²) in [6.07, 6.45) is 7.28. The van der Waals surface area contributed by atoms with Crippen LogP contribution in [-0.2, 0) is 17.8 Å². The van der Waals surface area contributed by atoms with E-state index in [9.17, 15) is 9.59 Å². The fourth-order valence-corrected chi connectivity index (χ4v) is 5.66. The Labute approximate surface area is 208 Å². The summed E-state index contributed by atoms with van der Waals surface area (Å²) in [5.41, 5.74) is 3.00. The third kappa shape index (κ3) is 4.77. The van der Waals surface area contributed by atoms with Crippen LogP contribution in [0.3, 0.4) is 0 Å². The smallest absolute Gasteiger partial charge is 0.271 e. The number of hydrogen-bond donors (Lipinski definition) is 1. The molecule has 1 N–H and O–H groups in total. The Bertz CT molecular complexity index is 1160. The van der Waals surface area contributed by atoms with E-state index in [0.29, 0.717) is 18.8 Å². The first kappa shape index (κ1) is 23.4. The zero-order valence-corrected chi connectivity index (χ0v) is 20.6. The lowest BCUT2D eigenvalue weighted by Crippen LogP contribution is -2.65. The van der Waals surface area contributed by atoms with Crippen molar-refractivity contribution < 1.29 is 9.59 Å². The van der Waals surface area contributed by atoms with Crippen molar-refractivity contribution in [1.82, 2.24) is 14.8 Å². The van der Waals surface area contributed by atoms with Crippen molar-refractivity contribution in [3.8, 4) is 11.3 Å². The minimum Gasteiger partial charge on any atom is -0.351 e. The number of fused-ring (bicyclic) bond motifs is 1. The van der Waals surface area contributed by atoms with E-state index < -0.39 is 5.54 Å². The van der Waals surface area contributed by atoms with Gasteiger partial charge in [0.15, 0.2) is 0 Å². The van der Waals surface area contributed by atoms with Gasteiger partial charge in [-0.1, -0.05) is 79.9 Å². The summed E-state index contributed by atoms with van der Waals surface area (Å²) >= 11 is 0. The highest BCUT2D eigenvalue weighted by molar-refractivity contribution is 6.00. The Kier molecular flexibility index (Phi) is 6.76. The number of aromatic nitrogens is 1. The number of nitrogens with zero attached hydrogens (tertiary/aromatic N) is 2. The van der Waals surface area contributed by atoms with E-state index in [0.717, 1.165) is 49.8 Å². The molecule has 0 saturated heterocycles. The van der Waals surface area contributed by atoms with Crippen molar-refractivity contribution in [3.05, 3.63) is 84.1 Å². The number of amides is 2. The Balaban J connectivity index is 1.44. The molecule has 2 aliphatic rings. The van der Waals surface area contributed by atoms with Crippen molar-refractivity contribution in [2.24, 2.45) is 0 Å². The zero-order valence-electron chi connectivity index (χ0n) is 20.6. The van der Waals surface area contributed by atoms with E-state index in [4.69, 9.17) is 0 Å². The minimum atomic E-state index is -0.944. The van der Waals surface area contributed by atoms with E-state index in [1.54, 1.807) is 0 Å². The van der Waals surface area contributed by atoms with Crippen molar-refractivity contribution in [1.29, 1.82) is 0 Å². The van der Waals surface area contributed by atoms with Crippen LogP contribution in [0.15, 0.2) is 72.8 Å². The van der Waals surface area contributed by atoms with Gasteiger partial charge < -0.3 is 14.8 Å². The molecule has 5 nitrogen and oxygen atoms in total. The molecular weight excluding hydrogens is 434 g/mol. The highest BCUT2D eigenvalue weighted by Gasteiger charge is 2.47. The first-order chi connectivity index (χ1) is 17.1. The number of carbonyl (C=O) groups excluding carboxylic acids is 2. The van der Waals surface area contributed by atoms with Gasteiger partial charge in [0, 0.05) is 18.3 Å². The normalized spacial score (nSPS) is 20.5. The lowest BCUT2D eigenvalue weighted by atomic mass is 9.91. The molecule has 1 aliphatic carbocycles. The Hall–Kier alpha value is -3.34. The molecule has 1 fully saturated rings. The fraction of sp³-hybridized carbons (Fsp3) is 0.400. The second kappa shape index (κ2) is 10.1. The van der Waals surface area contributed by atoms with Gasteiger partial charge >= 0.3 is 0 Å². The van der Waals surface area contributed by atoms with Gasteiger partial charge in [-0.05, 0) is 55.9 Å². The van der Waals surface area contributed by atoms with Crippen molar-refractivity contribution in [2.45, 2.75) is 70.0 Å². The zero-order chi connectivity index (χ0) is 24.3. The van der Waals surface area contributed by atoms with E-state index in [2.05, 4.69) is 29.6 Å². The largest absolute Gasteiger partial charge is 0.351 e. The van der Waals surface area contributed by atoms with Crippen LogP contribution in [0.25, 0.3) is 11.3 Å². The molecular formula is C30H35N3O2. The standard InChI is InChI=1S/C30H35N3O2/c1-30(29(35)31-25-17-9-4-10-18-25)22-32-26(24-15-7-3-8-16-24)19-20-27(32)28(34)33(30)21-11-14-23-12-5-2-6-13-23/h2-3,5-8,12-13,15-16,19-20,25H,4,9-11,14,17-18,21-22H2,1H3,(H,31,35). The molecule has 1 atom stereocenters. The highest BCUT2D eigenvalue weighted by Crippen LogP contribution is 2.34. The van der Waals surface area contributed by atoms with Gasteiger partial charge in [-0.15, -0.1) is 0 Å². The maximum Gasteiger partial charge on any atom is 0.271 e. The Morgan fingerprint density at radius 1 is 0.914 bits per heavy atom. The molecule has 5 rings (SSSR count). The third-order valence-corrected chi connectivity index (χ3v) is 7.70. The molecule has 5 heteroatoms. The SMILES string of the molecule is CC1(C(=O)NC2CCCCC2)Cn2c(ccc2-c2ccccc2)C(=O)N1CCCc1ccccc1. The quantitative estimate of drug-likeness (QED) is 0.500. The summed E-state index contributed by atoms with van der Waals surface area (Å²) in [4.78, 5) is 29.5. The molecule has 3 aromatic rings. The summed E-state index contributed by atoms with van der Waals surface area (Å²) < 4.78 is 2.05. The second-order valence-electron chi connectivity index (χ2n) is 10.2. The lowest BCUT2D eigenvalue weighted by molar-refractivity contribution is -0.133. The van der Waals surface area contributed by atoms with Gasteiger partial charge in [0.1, 0.15) is 11.2 Å². The van der Waals surface area contributed by atoms with Gasteiger partial charge in [0.2, 0.25) is 5.91 Å². The van der Waals surface area contributed by atoms with Crippen LogP contribution in [0.1, 0.15) is 61.5 Å². The maximum atomic E-state index is 13.8. The average molecular weight is 470 g/mol. The van der Waals surface area contributed by atoms with Crippen LogP contribution >= 0.6 is 0 Å². The number of benzene rings is 2.